The Kier molecular flexibility index (Phi) is 9.40. The summed E-state index contributed by atoms with van der Waals surface area (Å²) < 4.78 is 39.2. The number of benzene rings is 2. The zero-order chi connectivity index (χ0) is 24.6. The van der Waals surface area contributed by atoms with Crippen molar-refractivity contribution in [2.75, 3.05) is 17.1 Å². The third-order valence-corrected chi connectivity index (χ3v) is 6.52. The predicted molar refractivity (Wildman–Crippen MR) is 128 cm³/mol. The van der Waals surface area contributed by atoms with Crippen molar-refractivity contribution in [2.24, 2.45) is 0 Å². The summed E-state index contributed by atoms with van der Waals surface area (Å²) in [6.07, 6.45) is 2.08. The molecule has 33 heavy (non-hydrogen) atoms. The van der Waals surface area contributed by atoms with E-state index >= 15 is 0 Å². The van der Waals surface area contributed by atoms with Crippen LogP contribution in [0, 0.1) is 5.82 Å². The molecule has 180 valence electrons. The van der Waals surface area contributed by atoms with Gasteiger partial charge in [-0.2, -0.15) is 0 Å². The Balaban J connectivity index is 2.39. The van der Waals surface area contributed by atoms with Gasteiger partial charge < -0.3 is 10.2 Å². The summed E-state index contributed by atoms with van der Waals surface area (Å²) in [7, 11) is -3.85. The maximum Gasteiger partial charge on any atom is 0.244 e. The number of nitrogens with one attached hydrogen (secondary N) is 1. The monoisotopic (exact) mass is 477 g/mol. The molecule has 2 aromatic rings. The van der Waals surface area contributed by atoms with E-state index in [0.717, 1.165) is 34.7 Å². The van der Waals surface area contributed by atoms with Crippen molar-refractivity contribution in [3.8, 4) is 0 Å². The maximum absolute atomic E-state index is 13.5. The summed E-state index contributed by atoms with van der Waals surface area (Å²) in [5, 5.41) is 2.92. The highest BCUT2D eigenvalue weighted by Gasteiger charge is 2.32. The number of carbonyl (C=O) groups is 2. The Morgan fingerprint density at radius 3 is 2.12 bits per heavy atom. The van der Waals surface area contributed by atoms with Gasteiger partial charge in [0.25, 0.3) is 0 Å². The summed E-state index contributed by atoms with van der Waals surface area (Å²) in [5.74, 6) is -1.33. The van der Waals surface area contributed by atoms with Crippen LogP contribution < -0.4 is 9.62 Å². The van der Waals surface area contributed by atoms with E-state index in [4.69, 9.17) is 0 Å². The van der Waals surface area contributed by atoms with Crippen LogP contribution in [0.25, 0.3) is 0 Å². The highest BCUT2D eigenvalue weighted by Crippen LogP contribution is 2.20. The zero-order valence-electron chi connectivity index (χ0n) is 19.5. The van der Waals surface area contributed by atoms with Gasteiger partial charge in [-0.1, -0.05) is 44.2 Å². The summed E-state index contributed by atoms with van der Waals surface area (Å²) >= 11 is 0. The second kappa shape index (κ2) is 11.8. The number of carbonyl (C=O) groups excluding carboxylic acids is 2. The molecule has 2 rings (SSSR count). The van der Waals surface area contributed by atoms with Gasteiger partial charge in [0.2, 0.25) is 21.8 Å². The summed E-state index contributed by atoms with van der Waals surface area (Å²) in [6, 6.07) is 13.2. The van der Waals surface area contributed by atoms with Gasteiger partial charge in [-0.3, -0.25) is 13.9 Å². The van der Waals surface area contributed by atoms with Crippen LogP contribution in [-0.4, -0.2) is 50.0 Å². The van der Waals surface area contributed by atoms with Crippen LogP contribution in [0.4, 0.5) is 10.1 Å². The molecule has 0 radical (unpaired) electrons. The number of halogens is 1. The molecule has 9 heteroatoms. The fourth-order valence-electron chi connectivity index (χ4n) is 3.36. The fourth-order valence-corrected chi connectivity index (χ4v) is 4.21. The van der Waals surface area contributed by atoms with Crippen molar-refractivity contribution in [1.29, 1.82) is 0 Å². The summed E-state index contributed by atoms with van der Waals surface area (Å²) in [6.45, 7) is 5.28. The van der Waals surface area contributed by atoms with Gasteiger partial charge in [-0.25, -0.2) is 12.8 Å². The number of rotatable bonds is 11. The van der Waals surface area contributed by atoms with Gasteiger partial charge in [0.15, 0.2) is 0 Å². The molecular formula is C24H32FN3O4S. The van der Waals surface area contributed by atoms with Gasteiger partial charge in [-0.05, 0) is 49.6 Å². The minimum atomic E-state index is -3.85. The Labute approximate surface area is 195 Å². The number of amides is 2. The van der Waals surface area contributed by atoms with Crippen molar-refractivity contribution >= 4 is 27.5 Å². The molecule has 0 aliphatic heterocycles. The largest absolute Gasteiger partial charge is 0.352 e. The number of hydrogen-bond acceptors (Lipinski definition) is 4. The van der Waals surface area contributed by atoms with Gasteiger partial charge in [0.1, 0.15) is 18.4 Å². The minimum absolute atomic E-state index is 0.0630. The van der Waals surface area contributed by atoms with Crippen LogP contribution in [-0.2, 0) is 26.2 Å². The van der Waals surface area contributed by atoms with Crippen LogP contribution in [0.5, 0.6) is 0 Å². The normalized spacial score (nSPS) is 13.1. The smallest absolute Gasteiger partial charge is 0.244 e. The van der Waals surface area contributed by atoms with E-state index in [1.54, 1.807) is 6.92 Å². The molecule has 0 aromatic heterocycles. The lowest BCUT2D eigenvalue weighted by molar-refractivity contribution is -0.140. The molecule has 2 aromatic carbocycles. The average Bonchev–Trinajstić information content (AvgIpc) is 2.77. The highest BCUT2D eigenvalue weighted by molar-refractivity contribution is 7.92. The molecule has 0 saturated heterocycles. The van der Waals surface area contributed by atoms with Gasteiger partial charge in [0.05, 0.1) is 11.9 Å². The lowest BCUT2D eigenvalue weighted by Crippen LogP contribution is -2.53. The van der Waals surface area contributed by atoms with Crippen LogP contribution >= 0.6 is 0 Å². The van der Waals surface area contributed by atoms with Gasteiger partial charge in [-0.15, -0.1) is 0 Å². The Morgan fingerprint density at radius 1 is 1.00 bits per heavy atom. The lowest BCUT2D eigenvalue weighted by atomic mass is 10.1. The molecular weight excluding hydrogens is 445 g/mol. The fraction of sp³-hybridized carbons (Fsp3) is 0.417. The predicted octanol–water partition coefficient (Wildman–Crippen LogP) is 3.31. The Bertz CT molecular complexity index is 1030. The van der Waals surface area contributed by atoms with Crippen LogP contribution in [0.1, 0.15) is 39.2 Å². The molecule has 2 amide bonds. The highest BCUT2D eigenvalue weighted by atomic mass is 32.2. The number of sulfonamides is 1. The quantitative estimate of drug-likeness (QED) is 0.538. The molecule has 0 bridgehead atoms. The van der Waals surface area contributed by atoms with Crippen LogP contribution in [0.3, 0.4) is 0 Å². The second-order valence-corrected chi connectivity index (χ2v) is 9.90. The van der Waals surface area contributed by atoms with Crippen LogP contribution in [0.2, 0.25) is 0 Å². The minimum Gasteiger partial charge on any atom is -0.352 e. The molecule has 1 N–H and O–H groups in total. The first-order valence-electron chi connectivity index (χ1n) is 10.9. The van der Waals surface area contributed by atoms with E-state index in [0.29, 0.717) is 6.42 Å². The van der Waals surface area contributed by atoms with Crippen molar-refractivity contribution < 1.29 is 22.4 Å². The van der Waals surface area contributed by atoms with Crippen molar-refractivity contribution in [1.82, 2.24) is 10.2 Å². The summed E-state index contributed by atoms with van der Waals surface area (Å²) in [4.78, 5) is 27.9. The SMILES string of the molecule is CCC(C)NC(=O)C(CC)N(Cc1ccccc1)C(=O)CN(c1ccc(F)cc1)S(C)(=O)=O. The van der Waals surface area contributed by atoms with E-state index in [1.165, 1.54) is 17.0 Å². The van der Waals surface area contributed by atoms with Crippen LogP contribution in [0.15, 0.2) is 54.6 Å². The molecule has 0 heterocycles. The number of nitrogens with zero attached hydrogens (tertiary/aromatic N) is 2. The van der Waals surface area contributed by atoms with Crippen molar-refractivity contribution in [3.63, 3.8) is 0 Å². The van der Waals surface area contributed by atoms with E-state index in [9.17, 15) is 22.4 Å². The molecule has 0 fully saturated rings. The Hall–Kier alpha value is -2.94. The molecule has 0 saturated carbocycles. The van der Waals surface area contributed by atoms with E-state index in [1.807, 2.05) is 44.2 Å². The summed E-state index contributed by atoms with van der Waals surface area (Å²) in [5.41, 5.74) is 0.984. The number of hydrogen-bond donors (Lipinski definition) is 1. The Morgan fingerprint density at radius 2 is 1.61 bits per heavy atom. The molecule has 7 nitrogen and oxygen atoms in total. The van der Waals surface area contributed by atoms with E-state index in [-0.39, 0.29) is 24.2 Å². The molecule has 2 atom stereocenters. The first-order chi connectivity index (χ1) is 15.6. The van der Waals surface area contributed by atoms with Crippen molar-refractivity contribution in [2.45, 2.75) is 52.2 Å². The topological polar surface area (TPSA) is 86.8 Å². The molecule has 0 spiro atoms. The number of anilines is 1. The van der Waals surface area contributed by atoms with E-state index < -0.39 is 34.3 Å². The third-order valence-electron chi connectivity index (χ3n) is 5.38. The maximum atomic E-state index is 13.5. The first kappa shape index (κ1) is 26.3. The molecule has 2 unspecified atom stereocenters. The van der Waals surface area contributed by atoms with E-state index in [2.05, 4.69) is 5.32 Å². The molecule has 0 aliphatic carbocycles. The third kappa shape index (κ3) is 7.56. The average molecular weight is 478 g/mol. The molecule has 0 aliphatic rings. The second-order valence-electron chi connectivity index (χ2n) is 8.00. The first-order valence-corrected chi connectivity index (χ1v) is 12.8. The van der Waals surface area contributed by atoms with Gasteiger partial charge >= 0.3 is 0 Å². The van der Waals surface area contributed by atoms with Gasteiger partial charge in [0, 0.05) is 12.6 Å². The van der Waals surface area contributed by atoms with Crippen molar-refractivity contribution in [3.05, 3.63) is 66.0 Å². The standard InChI is InChI=1S/C24H32FN3O4S/c1-5-18(3)26-24(30)22(6-2)27(16-19-10-8-7-9-11-19)23(29)17-28(33(4,31)32)21-14-12-20(25)13-15-21/h7-15,18,22H,5-6,16-17H2,1-4H3,(H,26,30). The zero-order valence-corrected chi connectivity index (χ0v) is 20.3. The lowest BCUT2D eigenvalue weighted by Gasteiger charge is -2.33.